The monoisotopic (exact) mass is 460 g/mol. The van der Waals surface area contributed by atoms with E-state index in [9.17, 15) is 14.0 Å². The molecule has 1 aliphatic carbocycles. The number of benzene rings is 1. The maximum Gasteiger partial charge on any atom is 0.242 e. The first-order chi connectivity index (χ1) is 15.8. The fourth-order valence-electron chi connectivity index (χ4n) is 4.87. The number of nitrogens with zero attached hydrogens (tertiary/aromatic N) is 2. The van der Waals surface area contributed by atoms with E-state index in [-0.39, 0.29) is 29.5 Å². The van der Waals surface area contributed by atoms with Gasteiger partial charge in [0.15, 0.2) is 0 Å². The number of para-hydroxylation sites is 1. The fraction of sp³-hybridized carbons (Fsp3) is 0.692. The van der Waals surface area contributed by atoms with Gasteiger partial charge in [0.25, 0.3) is 0 Å². The van der Waals surface area contributed by atoms with E-state index >= 15 is 0 Å². The van der Waals surface area contributed by atoms with E-state index in [0.717, 1.165) is 64.8 Å². The molecule has 0 radical (unpaired) electrons. The molecule has 1 heterocycles. The summed E-state index contributed by atoms with van der Waals surface area (Å²) in [6, 6.07) is 6.44. The van der Waals surface area contributed by atoms with Gasteiger partial charge in [-0.25, -0.2) is 4.39 Å². The highest BCUT2D eigenvalue weighted by atomic mass is 19.1. The number of nitrogens with one attached hydrogen (secondary N) is 2. The predicted molar refractivity (Wildman–Crippen MR) is 131 cm³/mol. The van der Waals surface area contributed by atoms with Gasteiger partial charge in [-0.15, -0.1) is 0 Å². The molecule has 2 amide bonds. The zero-order valence-electron chi connectivity index (χ0n) is 20.5. The normalized spacial score (nSPS) is 22.8. The number of carbonyl (C=O) groups is 2. The Morgan fingerprint density at radius 1 is 1.06 bits per heavy atom. The predicted octanol–water partition coefficient (Wildman–Crippen LogP) is 3.42. The van der Waals surface area contributed by atoms with Crippen molar-refractivity contribution in [2.75, 3.05) is 44.2 Å². The molecule has 1 saturated heterocycles. The lowest BCUT2D eigenvalue weighted by molar-refractivity contribution is -0.132. The summed E-state index contributed by atoms with van der Waals surface area (Å²) in [7, 11) is 0. The number of anilines is 1. The molecule has 2 N–H and O–H groups in total. The van der Waals surface area contributed by atoms with Crippen LogP contribution in [0.1, 0.15) is 52.9 Å². The van der Waals surface area contributed by atoms with E-state index in [0.29, 0.717) is 18.2 Å². The molecule has 0 spiro atoms. The molecule has 33 heavy (non-hydrogen) atoms. The molecule has 6 nitrogen and oxygen atoms in total. The molecule has 1 aromatic carbocycles. The molecule has 2 aliphatic rings. The van der Waals surface area contributed by atoms with E-state index in [1.165, 1.54) is 6.07 Å². The Morgan fingerprint density at radius 3 is 2.36 bits per heavy atom. The molecule has 1 aliphatic heterocycles. The molecular weight excluding hydrogens is 419 g/mol. The number of hydrogen-bond donors (Lipinski definition) is 2. The van der Waals surface area contributed by atoms with Crippen molar-refractivity contribution in [3.05, 3.63) is 30.1 Å². The standard InChI is InChI=1S/C26H41FN4O2/c1-19(2)24(29-25(32)21-11-9-20(3)10-12-21)26(33)28-13-6-14-30-15-17-31(18-16-30)23-8-5-4-7-22(23)27/h4-5,7-8,19-21,24H,6,9-18H2,1-3H3,(H,28,33)(H,29,32). The van der Waals surface area contributed by atoms with Gasteiger partial charge in [-0.3, -0.25) is 14.5 Å². The van der Waals surface area contributed by atoms with Crippen LogP contribution >= 0.6 is 0 Å². The van der Waals surface area contributed by atoms with Gasteiger partial charge in [0.05, 0.1) is 5.69 Å². The van der Waals surface area contributed by atoms with Crippen molar-refractivity contribution in [1.29, 1.82) is 0 Å². The number of halogens is 1. The van der Waals surface area contributed by atoms with Crippen molar-refractivity contribution in [1.82, 2.24) is 15.5 Å². The highest BCUT2D eigenvalue weighted by Gasteiger charge is 2.29. The molecule has 2 fully saturated rings. The quantitative estimate of drug-likeness (QED) is 0.555. The van der Waals surface area contributed by atoms with Crippen LogP contribution in [0, 0.1) is 23.6 Å². The van der Waals surface area contributed by atoms with Gasteiger partial charge in [0.2, 0.25) is 11.8 Å². The Balaban J connectivity index is 1.35. The first-order valence-electron chi connectivity index (χ1n) is 12.6. The van der Waals surface area contributed by atoms with Gasteiger partial charge in [-0.2, -0.15) is 0 Å². The Bertz CT molecular complexity index is 771. The molecule has 184 valence electrons. The molecule has 0 bridgehead atoms. The molecule has 3 rings (SSSR count). The summed E-state index contributed by atoms with van der Waals surface area (Å²) in [5, 5.41) is 6.04. The second-order valence-electron chi connectivity index (χ2n) is 10.1. The van der Waals surface area contributed by atoms with Crippen LogP contribution < -0.4 is 15.5 Å². The SMILES string of the molecule is CC1CCC(C(=O)NC(C(=O)NCCCN2CCN(c3ccccc3F)CC2)C(C)C)CC1. The third-order valence-corrected chi connectivity index (χ3v) is 7.15. The van der Waals surface area contributed by atoms with Gasteiger partial charge in [0, 0.05) is 38.6 Å². The lowest BCUT2D eigenvalue weighted by Gasteiger charge is -2.36. The number of carbonyl (C=O) groups excluding carboxylic acids is 2. The van der Waals surface area contributed by atoms with E-state index in [4.69, 9.17) is 0 Å². The minimum Gasteiger partial charge on any atom is -0.367 e. The first-order valence-corrected chi connectivity index (χ1v) is 12.6. The first kappa shape index (κ1) is 25.5. The topological polar surface area (TPSA) is 64.7 Å². The Hall–Kier alpha value is -2.15. The number of rotatable bonds is 9. The van der Waals surface area contributed by atoms with Crippen LogP contribution in [0.5, 0.6) is 0 Å². The van der Waals surface area contributed by atoms with Crippen LogP contribution in [0.2, 0.25) is 0 Å². The maximum absolute atomic E-state index is 14.0. The molecular formula is C26H41FN4O2. The van der Waals surface area contributed by atoms with E-state index < -0.39 is 6.04 Å². The van der Waals surface area contributed by atoms with E-state index in [1.54, 1.807) is 6.07 Å². The molecule has 1 aromatic rings. The zero-order valence-corrected chi connectivity index (χ0v) is 20.5. The smallest absolute Gasteiger partial charge is 0.242 e. The maximum atomic E-state index is 14.0. The van der Waals surface area contributed by atoms with Gasteiger partial charge < -0.3 is 15.5 Å². The van der Waals surface area contributed by atoms with E-state index in [1.807, 2.05) is 26.0 Å². The van der Waals surface area contributed by atoms with Crippen LogP contribution in [0.15, 0.2) is 24.3 Å². The average molecular weight is 461 g/mol. The highest BCUT2D eigenvalue weighted by molar-refractivity contribution is 5.88. The Labute approximate surface area is 198 Å². The largest absolute Gasteiger partial charge is 0.367 e. The molecule has 1 atom stereocenters. The van der Waals surface area contributed by atoms with Crippen molar-refractivity contribution >= 4 is 17.5 Å². The highest BCUT2D eigenvalue weighted by Crippen LogP contribution is 2.28. The van der Waals surface area contributed by atoms with Crippen LogP contribution in [-0.2, 0) is 9.59 Å². The van der Waals surface area contributed by atoms with Crippen LogP contribution in [0.25, 0.3) is 0 Å². The lowest BCUT2D eigenvalue weighted by Crippen LogP contribution is -2.52. The zero-order chi connectivity index (χ0) is 23.8. The second-order valence-corrected chi connectivity index (χ2v) is 10.1. The third kappa shape index (κ3) is 7.42. The molecule has 1 saturated carbocycles. The Kier molecular flexibility index (Phi) is 9.53. The molecule has 7 heteroatoms. The van der Waals surface area contributed by atoms with Crippen LogP contribution in [0.4, 0.5) is 10.1 Å². The summed E-state index contributed by atoms with van der Waals surface area (Å²) in [4.78, 5) is 29.9. The average Bonchev–Trinajstić information content (AvgIpc) is 2.81. The molecule has 1 unspecified atom stereocenters. The van der Waals surface area contributed by atoms with Gasteiger partial charge >= 0.3 is 0 Å². The van der Waals surface area contributed by atoms with Gasteiger partial charge in [-0.05, 0) is 62.6 Å². The number of piperazine rings is 1. The Morgan fingerprint density at radius 2 is 1.73 bits per heavy atom. The van der Waals surface area contributed by atoms with Gasteiger partial charge in [-0.1, -0.05) is 32.9 Å². The van der Waals surface area contributed by atoms with Crippen molar-refractivity contribution < 1.29 is 14.0 Å². The van der Waals surface area contributed by atoms with Crippen molar-refractivity contribution in [2.24, 2.45) is 17.8 Å². The van der Waals surface area contributed by atoms with Crippen molar-refractivity contribution in [3.8, 4) is 0 Å². The van der Waals surface area contributed by atoms with Crippen LogP contribution in [0.3, 0.4) is 0 Å². The van der Waals surface area contributed by atoms with Crippen molar-refractivity contribution in [3.63, 3.8) is 0 Å². The summed E-state index contributed by atoms with van der Waals surface area (Å²) in [6.45, 7) is 11.0. The van der Waals surface area contributed by atoms with E-state index in [2.05, 4.69) is 27.4 Å². The number of amides is 2. The minimum absolute atomic E-state index is 0.0310. The fourth-order valence-corrected chi connectivity index (χ4v) is 4.87. The summed E-state index contributed by atoms with van der Waals surface area (Å²) >= 11 is 0. The number of hydrogen-bond acceptors (Lipinski definition) is 4. The summed E-state index contributed by atoms with van der Waals surface area (Å²) in [5.41, 5.74) is 0.675. The summed E-state index contributed by atoms with van der Waals surface area (Å²) in [6.07, 6.45) is 4.87. The third-order valence-electron chi connectivity index (χ3n) is 7.15. The van der Waals surface area contributed by atoms with Crippen LogP contribution in [-0.4, -0.2) is 62.0 Å². The second kappa shape index (κ2) is 12.4. The summed E-state index contributed by atoms with van der Waals surface area (Å²) in [5.74, 6) is 0.552. The minimum atomic E-state index is -0.485. The lowest BCUT2D eigenvalue weighted by atomic mass is 9.82. The molecule has 0 aromatic heterocycles. The summed E-state index contributed by atoms with van der Waals surface area (Å²) < 4.78 is 14.0. The van der Waals surface area contributed by atoms with Gasteiger partial charge in [0.1, 0.15) is 11.9 Å². The van der Waals surface area contributed by atoms with Crippen molar-refractivity contribution in [2.45, 2.75) is 58.9 Å².